The molecule has 0 bridgehead atoms. The summed E-state index contributed by atoms with van der Waals surface area (Å²) in [6, 6.07) is 16.0. The molecular formula is C19H20ClN3O. The summed E-state index contributed by atoms with van der Waals surface area (Å²) in [7, 11) is 0. The van der Waals surface area contributed by atoms with E-state index in [1.807, 2.05) is 53.4 Å². The van der Waals surface area contributed by atoms with Crippen LogP contribution in [-0.4, -0.2) is 36.6 Å². The van der Waals surface area contributed by atoms with Gasteiger partial charge >= 0.3 is 6.03 Å². The highest BCUT2D eigenvalue weighted by Gasteiger charge is 2.39. The number of halogens is 1. The van der Waals surface area contributed by atoms with E-state index in [1.165, 1.54) is 0 Å². The van der Waals surface area contributed by atoms with Crippen molar-refractivity contribution in [1.29, 1.82) is 0 Å². The lowest BCUT2D eigenvalue weighted by Gasteiger charge is -2.23. The number of nitrogens with zero attached hydrogens (tertiary/aromatic N) is 1. The Kier molecular flexibility index (Phi) is 4.17. The molecule has 2 aromatic rings. The van der Waals surface area contributed by atoms with Gasteiger partial charge < -0.3 is 15.5 Å². The first kappa shape index (κ1) is 15.5. The lowest BCUT2D eigenvalue weighted by Crippen LogP contribution is -2.41. The lowest BCUT2D eigenvalue weighted by atomic mass is 10.1. The molecule has 2 aliphatic heterocycles. The number of rotatable bonds is 2. The molecule has 2 aliphatic rings. The van der Waals surface area contributed by atoms with Gasteiger partial charge in [0.2, 0.25) is 0 Å². The highest BCUT2D eigenvalue weighted by atomic mass is 35.5. The summed E-state index contributed by atoms with van der Waals surface area (Å²) in [5.74, 6) is 0.605. The Morgan fingerprint density at radius 2 is 1.92 bits per heavy atom. The van der Waals surface area contributed by atoms with Crippen LogP contribution in [0.2, 0.25) is 5.02 Å². The van der Waals surface area contributed by atoms with Crippen LogP contribution in [0.5, 0.6) is 0 Å². The number of hydrogen-bond acceptors (Lipinski definition) is 2. The van der Waals surface area contributed by atoms with E-state index in [-0.39, 0.29) is 6.03 Å². The molecule has 24 heavy (non-hydrogen) atoms. The van der Waals surface area contributed by atoms with E-state index < -0.39 is 0 Å². The largest absolute Gasteiger partial charge is 0.322 e. The topological polar surface area (TPSA) is 44.4 Å². The third kappa shape index (κ3) is 2.99. The second-order valence-electron chi connectivity index (χ2n) is 6.49. The van der Waals surface area contributed by atoms with Crippen LogP contribution >= 0.6 is 11.6 Å². The Morgan fingerprint density at radius 3 is 2.75 bits per heavy atom. The number of hydrogen-bond donors (Lipinski definition) is 2. The molecule has 2 N–H and O–H groups in total. The minimum absolute atomic E-state index is 0.00514. The van der Waals surface area contributed by atoms with Crippen LogP contribution in [0, 0.1) is 5.92 Å². The molecule has 0 radical (unpaired) electrons. The van der Waals surface area contributed by atoms with Crippen molar-refractivity contribution in [2.24, 2.45) is 5.92 Å². The van der Waals surface area contributed by atoms with Gasteiger partial charge in [-0.2, -0.15) is 0 Å². The molecule has 4 rings (SSSR count). The first-order chi connectivity index (χ1) is 11.7. The number of carbonyl (C=O) groups is 1. The standard InChI is InChI=1S/C19H20ClN3O/c20-16-5-1-3-13(9-16)14-4-2-6-17(10-14)22-19(24)23-8-7-15-11-21-12-18(15)23/h1-6,9-10,15,18,21H,7-8,11-12H2,(H,22,24)/t15-,18+/m1/s1. The highest BCUT2D eigenvalue weighted by Crippen LogP contribution is 2.29. The summed E-state index contributed by atoms with van der Waals surface area (Å²) in [4.78, 5) is 14.6. The fourth-order valence-electron chi connectivity index (χ4n) is 3.74. The van der Waals surface area contributed by atoms with E-state index >= 15 is 0 Å². The number of benzene rings is 2. The normalized spacial score (nSPS) is 22.5. The van der Waals surface area contributed by atoms with Gasteiger partial charge in [0.15, 0.2) is 0 Å². The summed E-state index contributed by atoms with van der Waals surface area (Å²) in [5, 5.41) is 7.13. The molecule has 5 heteroatoms. The molecule has 0 aliphatic carbocycles. The predicted molar refractivity (Wildman–Crippen MR) is 97.4 cm³/mol. The van der Waals surface area contributed by atoms with Crippen molar-refractivity contribution >= 4 is 23.3 Å². The Bertz CT molecular complexity index is 764. The van der Waals surface area contributed by atoms with E-state index in [0.717, 1.165) is 42.9 Å². The second-order valence-corrected chi connectivity index (χ2v) is 6.93. The van der Waals surface area contributed by atoms with Gasteiger partial charge in [-0.15, -0.1) is 0 Å². The summed E-state index contributed by atoms with van der Waals surface area (Å²) in [6.07, 6.45) is 1.09. The molecule has 0 spiro atoms. The monoisotopic (exact) mass is 341 g/mol. The summed E-state index contributed by atoms with van der Waals surface area (Å²) < 4.78 is 0. The van der Waals surface area contributed by atoms with Gasteiger partial charge in [-0.25, -0.2) is 4.79 Å². The van der Waals surface area contributed by atoms with Gasteiger partial charge in [0, 0.05) is 36.4 Å². The SMILES string of the molecule is O=C(Nc1cccc(-c2cccc(Cl)c2)c1)N1CC[C@@H]2CNC[C@@H]21. The van der Waals surface area contributed by atoms with Crippen LogP contribution in [0.3, 0.4) is 0 Å². The van der Waals surface area contributed by atoms with Crippen LogP contribution in [0.25, 0.3) is 11.1 Å². The third-order valence-electron chi connectivity index (χ3n) is 4.98. The Balaban J connectivity index is 1.51. The molecule has 0 saturated carbocycles. The molecule has 0 unspecified atom stereocenters. The fraction of sp³-hybridized carbons (Fsp3) is 0.316. The zero-order chi connectivity index (χ0) is 16.5. The van der Waals surface area contributed by atoms with Crippen molar-refractivity contribution in [1.82, 2.24) is 10.2 Å². The molecule has 4 nitrogen and oxygen atoms in total. The summed E-state index contributed by atoms with van der Waals surface area (Å²) in [5.41, 5.74) is 2.89. The number of likely N-dealkylation sites (tertiary alicyclic amines) is 1. The maximum Gasteiger partial charge on any atom is 0.322 e. The van der Waals surface area contributed by atoms with Crippen molar-refractivity contribution in [3.05, 3.63) is 53.6 Å². The smallest absolute Gasteiger partial charge is 0.320 e. The number of amides is 2. The van der Waals surface area contributed by atoms with Crippen LogP contribution in [0.1, 0.15) is 6.42 Å². The average Bonchev–Trinajstić information content (AvgIpc) is 3.18. The molecule has 0 aromatic heterocycles. The number of nitrogens with one attached hydrogen (secondary N) is 2. The van der Waals surface area contributed by atoms with Gasteiger partial charge in [-0.05, 0) is 47.7 Å². The van der Waals surface area contributed by atoms with Crippen molar-refractivity contribution in [3.8, 4) is 11.1 Å². The van der Waals surface area contributed by atoms with Crippen molar-refractivity contribution in [2.75, 3.05) is 25.0 Å². The second kappa shape index (κ2) is 6.46. The highest BCUT2D eigenvalue weighted by molar-refractivity contribution is 6.30. The lowest BCUT2D eigenvalue weighted by molar-refractivity contribution is 0.206. The number of carbonyl (C=O) groups excluding carboxylic acids is 1. The minimum atomic E-state index is -0.00514. The van der Waals surface area contributed by atoms with Crippen LogP contribution in [0.15, 0.2) is 48.5 Å². The van der Waals surface area contributed by atoms with Crippen LogP contribution in [-0.2, 0) is 0 Å². The Labute approximate surface area is 146 Å². The molecule has 2 saturated heterocycles. The maximum atomic E-state index is 12.6. The molecule has 2 atom stereocenters. The van der Waals surface area contributed by atoms with E-state index in [4.69, 9.17) is 11.6 Å². The molecule has 2 amide bonds. The zero-order valence-corrected chi connectivity index (χ0v) is 14.1. The number of fused-ring (bicyclic) bond motifs is 1. The van der Waals surface area contributed by atoms with Crippen LogP contribution in [0.4, 0.5) is 10.5 Å². The summed E-state index contributed by atoms with van der Waals surface area (Å²) in [6.45, 7) is 2.77. The van der Waals surface area contributed by atoms with E-state index in [2.05, 4.69) is 10.6 Å². The molecule has 124 valence electrons. The zero-order valence-electron chi connectivity index (χ0n) is 13.3. The first-order valence-corrected chi connectivity index (χ1v) is 8.73. The molecule has 2 fully saturated rings. The fourth-order valence-corrected chi connectivity index (χ4v) is 3.93. The van der Waals surface area contributed by atoms with Gasteiger partial charge in [0.1, 0.15) is 0 Å². The molecule has 2 aromatic carbocycles. The van der Waals surface area contributed by atoms with E-state index in [9.17, 15) is 4.79 Å². The van der Waals surface area contributed by atoms with Gasteiger partial charge in [0.25, 0.3) is 0 Å². The average molecular weight is 342 g/mol. The van der Waals surface area contributed by atoms with Gasteiger partial charge in [-0.3, -0.25) is 0 Å². The van der Waals surface area contributed by atoms with Crippen LogP contribution < -0.4 is 10.6 Å². The summed E-state index contributed by atoms with van der Waals surface area (Å²) >= 11 is 6.07. The number of anilines is 1. The number of urea groups is 1. The van der Waals surface area contributed by atoms with Crippen molar-refractivity contribution in [2.45, 2.75) is 12.5 Å². The van der Waals surface area contributed by atoms with Crippen molar-refractivity contribution < 1.29 is 4.79 Å². The predicted octanol–water partition coefficient (Wildman–Crippen LogP) is 3.83. The first-order valence-electron chi connectivity index (χ1n) is 8.35. The van der Waals surface area contributed by atoms with Gasteiger partial charge in [0.05, 0.1) is 0 Å². The van der Waals surface area contributed by atoms with E-state index in [0.29, 0.717) is 17.0 Å². The molecule has 2 heterocycles. The van der Waals surface area contributed by atoms with Gasteiger partial charge in [-0.1, -0.05) is 35.9 Å². The third-order valence-corrected chi connectivity index (χ3v) is 5.21. The van der Waals surface area contributed by atoms with Crippen molar-refractivity contribution in [3.63, 3.8) is 0 Å². The quantitative estimate of drug-likeness (QED) is 0.871. The Hall–Kier alpha value is -2.04. The maximum absolute atomic E-state index is 12.6. The Morgan fingerprint density at radius 1 is 1.12 bits per heavy atom. The molecular weight excluding hydrogens is 322 g/mol. The minimum Gasteiger partial charge on any atom is -0.320 e. The van der Waals surface area contributed by atoms with E-state index in [1.54, 1.807) is 0 Å².